The van der Waals surface area contributed by atoms with Gasteiger partial charge >= 0.3 is 11.9 Å². The van der Waals surface area contributed by atoms with Crippen molar-refractivity contribution in [1.82, 2.24) is 9.97 Å². The average molecular weight is 502 g/mol. The lowest BCUT2D eigenvalue weighted by molar-refractivity contribution is -0.145. The largest absolute Gasteiger partial charge is 0.507 e. The van der Waals surface area contributed by atoms with Gasteiger partial charge in [-0.3, -0.25) is 20.4 Å². The summed E-state index contributed by atoms with van der Waals surface area (Å²) in [5.41, 5.74) is 12.8. The maximum Gasteiger partial charge on any atom is 0.311 e. The van der Waals surface area contributed by atoms with Crippen LogP contribution in [-0.2, 0) is 9.59 Å². The van der Waals surface area contributed by atoms with Crippen LogP contribution in [0.2, 0.25) is 0 Å². The SMILES string of the molecule is N=C(N)c1ccc(O)c(-c2cc(C(CC(=O)O)C(=O)O)cc(-c3nc4cc(C(=N)N)ccc4[nH]3)c2O)c1. The molecule has 11 N–H and O–H groups in total. The summed E-state index contributed by atoms with van der Waals surface area (Å²) < 4.78 is 0. The molecule has 0 saturated heterocycles. The summed E-state index contributed by atoms with van der Waals surface area (Å²) in [6.45, 7) is 0. The molecule has 4 rings (SSSR count). The second-order valence-electron chi connectivity index (χ2n) is 8.33. The molecule has 4 aromatic rings. The zero-order valence-electron chi connectivity index (χ0n) is 19.1. The van der Waals surface area contributed by atoms with Crippen LogP contribution in [0, 0.1) is 10.8 Å². The number of amidine groups is 2. The Hall–Kier alpha value is -5.39. The third-order valence-electron chi connectivity index (χ3n) is 5.86. The number of H-pyrrole nitrogens is 1. The Morgan fingerprint density at radius 1 is 0.892 bits per heavy atom. The minimum absolute atomic E-state index is 0.0189. The molecule has 1 unspecified atom stereocenters. The van der Waals surface area contributed by atoms with Crippen molar-refractivity contribution in [3.63, 3.8) is 0 Å². The molecule has 1 heterocycles. The van der Waals surface area contributed by atoms with Crippen molar-refractivity contribution in [2.45, 2.75) is 12.3 Å². The monoisotopic (exact) mass is 502 g/mol. The van der Waals surface area contributed by atoms with Crippen molar-refractivity contribution < 1.29 is 30.0 Å². The number of phenolic OH excluding ortho intramolecular Hbond substituents is 2. The number of nitrogens with two attached hydrogens (primary N) is 2. The summed E-state index contributed by atoms with van der Waals surface area (Å²) in [7, 11) is 0. The summed E-state index contributed by atoms with van der Waals surface area (Å²) in [6, 6.07) is 11.4. The smallest absolute Gasteiger partial charge is 0.311 e. The third-order valence-corrected chi connectivity index (χ3v) is 5.86. The van der Waals surface area contributed by atoms with Crippen LogP contribution in [0.3, 0.4) is 0 Å². The minimum atomic E-state index is -1.48. The molecule has 0 saturated carbocycles. The van der Waals surface area contributed by atoms with Crippen LogP contribution in [-0.4, -0.2) is 54.0 Å². The number of aromatic amines is 1. The number of nitrogens with zero attached hydrogens (tertiary/aromatic N) is 1. The second kappa shape index (κ2) is 9.34. The van der Waals surface area contributed by atoms with Gasteiger partial charge in [0.25, 0.3) is 0 Å². The van der Waals surface area contributed by atoms with Crippen molar-refractivity contribution in [1.29, 1.82) is 10.8 Å². The first-order chi connectivity index (χ1) is 17.5. The number of imidazole rings is 1. The van der Waals surface area contributed by atoms with Crippen molar-refractivity contribution in [3.05, 3.63) is 65.2 Å². The summed E-state index contributed by atoms with van der Waals surface area (Å²) >= 11 is 0. The number of nitrogens with one attached hydrogen (secondary N) is 3. The van der Waals surface area contributed by atoms with Crippen LogP contribution in [0.5, 0.6) is 11.5 Å². The van der Waals surface area contributed by atoms with E-state index >= 15 is 0 Å². The lowest BCUT2D eigenvalue weighted by Crippen LogP contribution is -2.16. The maximum absolute atomic E-state index is 12.0. The Morgan fingerprint density at radius 2 is 1.51 bits per heavy atom. The number of fused-ring (bicyclic) bond motifs is 1. The van der Waals surface area contributed by atoms with Gasteiger partial charge in [-0.15, -0.1) is 0 Å². The highest BCUT2D eigenvalue weighted by atomic mass is 16.4. The van der Waals surface area contributed by atoms with E-state index in [9.17, 15) is 30.0 Å². The Morgan fingerprint density at radius 3 is 2.14 bits per heavy atom. The van der Waals surface area contributed by atoms with Gasteiger partial charge in [0.2, 0.25) is 0 Å². The number of aromatic nitrogens is 2. The fourth-order valence-electron chi connectivity index (χ4n) is 3.99. The highest BCUT2D eigenvalue weighted by molar-refractivity contribution is 5.99. The van der Waals surface area contributed by atoms with Gasteiger partial charge in [-0.1, -0.05) is 0 Å². The van der Waals surface area contributed by atoms with E-state index in [1.165, 1.54) is 30.3 Å². The minimum Gasteiger partial charge on any atom is -0.507 e. The fourth-order valence-corrected chi connectivity index (χ4v) is 3.99. The highest BCUT2D eigenvalue weighted by Gasteiger charge is 2.27. The molecule has 0 bridgehead atoms. The van der Waals surface area contributed by atoms with E-state index < -0.39 is 24.3 Å². The van der Waals surface area contributed by atoms with Crippen LogP contribution >= 0.6 is 0 Å². The zero-order valence-corrected chi connectivity index (χ0v) is 19.1. The van der Waals surface area contributed by atoms with E-state index in [0.29, 0.717) is 16.6 Å². The van der Waals surface area contributed by atoms with E-state index in [0.717, 1.165) is 0 Å². The molecule has 0 aliphatic heterocycles. The van der Waals surface area contributed by atoms with Gasteiger partial charge in [-0.25, -0.2) is 4.98 Å². The standard InChI is InChI=1S/C25H22N6O6/c26-22(27)10-2-4-19(32)14(5-10)15-6-12(13(25(36)37)9-20(33)34)7-16(21(15)35)24-30-17-3-1-11(23(28)29)8-18(17)31-24/h1-8,13,32,35H,9H2,(H3,26,27)(H3,28,29)(H,30,31)(H,33,34)(H,36,37). The van der Waals surface area contributed by atoms with E-state index in [4.69, 9.17) is 22.3 Å². The van der Waals surface area contributed by atoms with Gasteiger partial charge in [0.05, 0.1) is 28.9 Å². The second-order valence-corrected chi connectivity index (χ2v) is 8.33. The molecule has 188 valence electrons. The quantitative estimate of drug-likeness (QED) is 0.127. The van der Waals surface area contributed by atoms with Crippen LogP contribution in [0.1, 0.15) is 29.0 Å². The number of nitrogen functional groups attached to an aromatic ring is 2. The Balaban J connectivity index is 2.01. The number of benzene rings is 3. The normalized spacial score (nSPS) is 11.8. The number of hydrogen-bond donors (Lipinski definition) is 9. The first-order valence-electron chi connectivity index (χ1n) is 10.8. The number of carbonyl (C=O) groups is 2. The Kier molecular flexibility index (Phi) is 6.24. The molecular weight excluding hydrogens is 480 g/mol. The number of aromatic hydroxyl groups is 2. The molecule has 0 radical (unpaired) electrons. The van der Waals surface area contributed by atoms with Crippen molar-refractivity contribution >= 4 is 34.6 Å². The number of rotatable bonds is 8. The first kappa shape index (κ1) is 24.7. The van der Waals surface area contributed by atoms with Gasteiger partial charge in [0.1, 0.15) is 29.0 Å². The summed E-state index contributed by atoms with van der Waals surface area (Å²) in [5, 5.41) is 56.2. The molecule has 0 amide bonds. The van der Waals surface area contributed by atoms with Gasteiger partial charge < -0.3 is 36.9 Å². The molecule has 12 heteroatoms. The average Bonchev–Trinajstić information content (AvgIpc) is 3.26. The molecule has 0 fully saturated rings. The fraction of sp³-hybridized carbons (Fsp3) is 0.0800. The summed E-state index contributed by atoms with van der Waals surface area (Å²) in [6.07, 6.45) is -0.736. The van der Waals surface area contributed by atoms with E-state index in [-0.39, 0.29) is 56.8 Å². The molecule has 1 atom stereocenters. The molecule has 1 aromatic heterocycles. The molecule has 3 aromatic carbocycles. The lowest BCUT2D eigenvalue weighted by atomic mass is 9.89. The highest BCUT2D eigenvalue weighted by Crippen LogP contribution is 2.44. The summed E-state index contributed by atoms with van der Waals surface area (Å²) in [4.78, 5) is 30.9. The predicted octanol–water partition coefficient (Wildman–Crippen LogP) is 2.52. The first-order valence-corrected chi connectivity index (χ1v) is 10.8. The summed E-state index contributed by atoms with van der Waals surface area (Å²) in [5.74, 6) is -5.25. The molecule has 37 heavy (non-hydrogen) atoms. The van der Waals surface area contributed by atoms with Gasteiger partial charge in [0.15, 0.2) is 0 Å². The number of aliphatic carboxylic acids is 2. The van der Waals surface area contributed by atoms with Gasteiger partial charge in [-0.2, -0.15) is 0 Å². The maximum atomic E-state index is 12.0. The molecule has 0 aliphatic rings. The molecule has 0 aliphatic carbocycles. The molecular formula is C25H22N6O6. The number of phenols is 2. The Bertz CT molecular complexity index is 1610. The van der Waals surface area contributed by atoms with Crippen LogP contribution in [0.15, 0.2) is 48.5 Å². The van der Waals surface area contributed by atoms with Gasteiger partial charge in [0, 0.05) is 22.3 Å². The van der Waals surface area contributed by atoms with Crippen molar-refractivity contribution in [3.8, 4) is 34.0 Å². The number of carboxylic acid groups (broad SMARTS) is 2. The van der Waals surface area contributed by atoms with E-state index in [1.807, 2.05) is 0 Å². The van der Waals surface area contributed by atoms with E-state index in [1.54, 1.807) is 18.2 Å². The van der Waals surface area contributed by atoms with Crippen LogP contribution < -0.4 is 11.5 Å². The third kappa shape index (κ3) is 4.75. The van der Waals surface area contributed by atoms with Crippen molar-refractivity contribution in [2.75, 3.05) is 0 Å². The number of carboxylic acids is 2. The molecule has 12 nitrogen and oxygen atoms in total. The van der Waals surface area contributed by atoms with Gasteiger partial charge in [-0.05, 0) is 54.1 Å². The molecule has 0 spiro atoms. The van der Waals surface area contributed by atoms with Crippen LogP contribution in [0.25, 0.3) is 33.5 Å². The Labute approximate surface area is 208 Å². The van der Waals surface area contributed by atoms with E-state index in [2.05, 4.69) is 9.97 Å². The predicted molar refractivity (Wildman–Crippen MR) is 135 cm³/mol. The zero-order chi connectivity index (χ0) is 27.0. The van der Waals surface area contributed by atoms with Crippen molar-refractivity contribution in [2.24, 2.45) is 11.5 Å². The topological polar surface area (TPSA) is 243 Å². The lowest BCUT2D eigenvalue weighted by Gasteiger charge is -2.17. The number of hydrogen-bond acceptors (Lipinski definition) is 7. The van der Waals surface area contributed by atoms with Crippen LogP contribution in [0.4, 0.5) is 0 Å².